The van der Waals surface area contributed by atoms with Gasteiger partial charge in [0.2, 0.25) is 0 Å². The first-order valence-corrected chi connectivity index (χ1v) is 5.68. The van der Waals surface area contributed by atoms with E-state index in [0.717, 1.165) is 17.4 Å². The summed E-state index contributed by atoms with van der Waals surface area (Å²) in [4.78, 5) is -0.226. The van der Waals surface area contributed by atoms with E-state index in [1.165, 1.54) is 12.1 Å². The van der Waals surface area contributed by atoms with Crippen LogP contribution in [0.3, 0.4) is 0 Å². The van der Waals surface area contributed by atoms with E-state index in [-0.39, 0.29) is 4.90 Å². The van der Waals surface area contributed by atoms with E-state index in [1.54, 1.807) is 13.8 Å². The molecule has 0 aliphatic rings. The molecule has 0 amide bonds. The van der Waals surface area contributed by atoms with Gasteiger partial charge in [-0.1, -0.05) is 0 Å². The molecule has 0 unspecified atom stereocenters. The summed E-state index contributed by atoms with van der Waals surface area (Å²) in [6.45, 7) is 3.49. The average molecular weight is 202 g/mol. The predicted molar refractivity (Wildman–Crippen MR) is 49.0 cm³/mol. The third-order valence-corrected chi connectivity index (χ3v) is 3.06. The van der Waals surface area contributed by atoms with Gasteiger partial charge in [0, 0.05) is 6.26 Å². The highest BCUT2D eigenvalue weighted by molar-refractivity contribution is 7.90. The van der Waals surface area contributed by atoms with Crippen LogP contribution < -0.4 is 0 Å². The Hall–Kier alpha value is -0.900. The highest BCUT2D eigenvalue weighted by atomic mass is 32.2. The van der Waals surface area contributed by atoms with Crippen molar-refractivity contribution in [1.29, 1.82) is 0 Å². The van der Waals surface area contributed by atoms with E-state index in [2.05, 4.69) is 0 Å². The van der Waals surface area contributed by atoms with Gasteiger partial charge in [-0.2, -0.15) is 0 Å². The predicted octanol–water partition coefficient (Wildman–Crippen LogP) is 1.85. The molecule has 0 aliphatic carbocycles. The van der Waals surface area contributed by atoms with Crippen LogP contribution in [0.1, 0.15) is 11.1 Å². The maximum Gasteiger partial charge on any atom is 0.178 e. The SMILES string of the molecule is Cc1cc(F)c(S(C)(=O)=O)cc1C. The molecule has 0 saturated heterocycles. The molecule has 0 aromatic heterocycles. The molecule has 13 heavy (non-hydrogen) atoms. The minimum atomic E-state index is -3.45. The summed E-state index contributed by atoms with van der Waals surface area (Å²) in [5, 5.41) is 0. The number of sulfone groups is 1. The lowest BCUT2D eigenvalue weighted by molar-refractivity contribution is 0.569. The van der Waals surface area contributed by atoms with E-state index in [0.29, 0.717) is 0 Å². The zero-order valence-electron chi connectivity index (χ0n) is 7.76. The molecule has 1 rings (SSSR count). The fourth-order valence-corrected chi connectivity index (χ4v) is 1.84. The summed E-state index contributed by atoms with van der Waals surface area (Å²) in [7, 11) is -3.45. The van der Waals surface area contributed by atoms with Crippen LogP contribution in [0, 0.1) is 19.7 Å². The van der Waals surface area contributed by atoms with Crippen molar-refractivity contribution in [3.8, 4) is 0 Å². The average Bonchev–Trinajstić information content (AvgIpc) is 1.94. The minimum Gasteiger partial charge on any atom is -0.224 e. The summed E-state index contributed by atoms with van der Waals surface area (Å²) in [5.74, 6) is -0.675. The van der Waals surface area contributed by atoms with Crippen molar-refractivity contribution >= 4 is 9.84 Å². The Bertz CT molecular complexity index is 435. The van der Waals surface area contributed by atoms with Crippen molar-refractivity contribution in [3.63, 3.8) is 0 Å². The van der Waals surface area contributed by atoms with Gasteiger partial charge in [0.1, 0.15) is 10.7 Å². The lowest BCUT2D eigenvalue weighted by Crippen LogP contribution is -2.02. The lowest BCUT2D eigenvalue weighted by atomic mass is 10.1. The van der Waals surface area contributed by atoms with Crippen molar-refractivity contribution in [2.75, 3.05) is 6.26 Å². The Morgan fingerprint density at radius 1 is 1.15 bits per heavy atom. The van der Waals surface area contributed by atoms with E-state index in [4.69, 9.17) is 0 Å². The molecule has 0 spiro atoms. The van der Waals surface area contributed by atoms with E-state index in [1.807, 2.05) is 0 Å². The molecule has 0 heterocycles. The van der Waals surface area contributed by atoms with Crippen molar-refractivity contribution in [3.05, 3.63) is 29.1 Å². The fraction of sp³-hybridized carbons (Fsp3) is 0.333. The second-order valence-electron chi connectivity index (χ2n) is 3.14. The monoisotopic (exact) mass is 202 g/mol. The number of aryl methyl sites for hydroxylation is 2. The summed E-state index contributed by atoms with van der Waals surface area (Å²) < 4.78 is 35.3. The highest BCUT2D eigenvalue weighted by Gasteiger charge is 2.14. The molecule has 0 aliphatic heterocycles. The number of benzene rings is 1. The van der Waals surface area contributed by atoms with Gasteiger partial charge in [-0.3, -0.25) is 0 Å². The van der Waals surface area contributed by atoms with Crippen molar-refractivity contribution in [1.82, 2.24) is 0 Å². The minimum absolute atomic E-state index is 0.226. The maximum atomic E-state index is 13.1. The quantitative estimate of drug-likeness (QED) is 0.696. The molecule has 1 aromatic rings. The third-order valence-electron chi connectivity index (χ3n) is 1.95. The number of halogens is 1. The zero-order chi connectivity index (χ0) is 10.2. The fourth-order valence-electron chi connectivity index (χ4n) is 1.04. The van der Waals surface area contributed by atoms with E-state index < -0.39 is 15.7 Å². The first-order valence-electron chi connectivity index (χ1n) is 3.79. The maximum absolute atomic E-state index is 13.1. The first-order chi connectivity index (χ1) is 5.82. The molecule has 0 atom stereocenters. The molecular formula is C9H11FO2S. The number of hydrogen-bond acceptors (Lipinski definition) is 2. The lowest BCUT2D eigenvalue weighted by Gasteiger charge is -2.04. The molecule has 0 bridgehead atoms. The molecular weight excluding hydrogens is 191 g/mol. The molecule has 0 fully saturated rings. The summed E-state index contributed by atoms with van der Waals surface area (Å²) in [6, 6.07) is 2.60. The molecule has 72 valence electrons. The van der Waals surface area contributed by atoms with Crippen LogP contribution in [0.25, 0.3) is 0 Å². The Labute approximate surface area is 77.3 Å². The van der Waals surface area contributed by atoms with Gasteiger partial charge in [0.15, 0.2) is 9.84 Å². The van der Waals surface area contributed by atoms with Crippen molar-refractivity contribution in [2.45, 2.75) is 18.7 Å². The van der Waals surface area contributed by atoms with Gasteiger partial charge in [-0.15, -0.1) is 0 Å². The van der Waals surface area contributed by atoms with Crippen LogP contribution in [0.15, 0.2) is 17.0 Å². The largest absolute Gasteiger partial charge is 0.224 e. The molecule has 4 heteroatoms. The van der Waals surface area contributed by atoms with Crippen molar-refractivity contribution in [2.24, 2.45) is 0 Å². The van der Waals surface area contributed by atoms with Gasteiger partial charge < -0.3 is 0 Å². The van der Waals surface area contributed by atoms with Crippen LogP contribution in [0.2, 0.25) is 0 Å². The number of rotatable bonds is 1. The van der Waals surface area contributed by atoms with Gasteiger partial charge >= 0.3 is 0 Å². The zero-order valence-corrected chi connectivity index (χ0v) is 8.57. The molecule has 1 aromatic carbocycles. The molecule has 0 saturated carbocycles. The van der Waals surface area contributed by atoms with E-state index >= 15 is 0 Å². The summed E-state index contributed by atoms with van der Waals surface area (Å²) in [6.07, 6.45) is 1.00. The van der Waals surface area contributed by atoms with Crippen LogP contribution >= 0.6 is 0 Å². The molecule has 0 radical (unpaired) electrons. The van der Waals surface area contributed by atoms with Gasteiger partial charge in [0.25, 0.3) is 0 Å². The Morgan fingerprint density at radius 2 is 1.62 bits per heavy atom. The van der Waals surface area contributed by atoms with Gasteiger partial charge in [-0.05, 0) is 37.1 Å². The first kappa shape index (κ1) is 10.2. The third kappa shape index (κ3) is 2.06. The summed E-state index contributed by atoms with van der Waals surface area (Å²) >= 11 is 0. The van der Waals surface area contributed by atoms with Crippen LogP contribution in [-0.2, 0) is 9.84 Å². The number of hydrogen-bond donors (Lipinski definition) is 0. The smallest absolute Gasteiger partial charge is 0.178 e. The second kappa shape index (κ2) is 3.10. The summed E-state index contributed by atoms with van der Waals surface area (Å²) in [5.41, 5.74) is 1.53. The Morgan fingerprint density at radius 3 is 2.08 bits per heavy atom. The van der Waals surface area contributed by atoms with E-state index in [9.17, 15) is 12.8 Å². The van der Waals surface area contributed by atoms with Gasteiger partial charge in [0.05, 0.1) is 0 Å². The second-order valence-corrected chi connectivity index (χ2v) is 5.12. The Kier molecular flexibility index (Phi) is 2.43. The van der Waals surface area contributed by atoms with Gasteiger partial charge in [-0.25, -0.2) is 12.8 Å². The van der Waals surface area contributed by atoms with Crippen LogP contribution in [0.4, 0.5) is 4.39 Å². The normalized spacial score (nSPS) is 11.7. The topological polar surface area (TPSA) is 34.1 Å². The van der Waals surface area contributed by atoms with Crippen molar-refractivity contribution < 1.29 is 12.8 Å². The van der Waals surface area contributed by atoms with Crippen LogP contribution in [-0.4, -0.2) is 14.7 Å². The molecule has 0 N–H and O–H groups in total. The highest BCUT2D eigenvalue weighted by Crippen LogP contribution is 2.18. The molecule has 2 nitrogen and oxygen atoms in total. The standard InChI is InChI=1S/C9H11FO2S/c1-6-4-8(10)9(5-7(6)2)13(3,11)12/h4-5H,1-3H3. The van der Waals surface area contributed by atoms with Crippen LogP contribution in [0.5, 0.6) is 0 Å². The Balaban J connectivity index is 3.50.